The van der Waals surface area contributed by atoms with Crippen LogP contribution < -0.4 is 10.6 Å². The van der Waals surface area contributed by atoms with E-state index in [4.69, 9.17) is 0 Å². The molecule has 2 fully saturated rings. The molecule has 1 aliphatic carbocycles. The number of anilines is 1. The van der Waals surface area contributed by atoms with Crippen LogP contribution in [0.5, 0.6) is 0 Å². The maximum absolute atomic E-state index is 13.0. The van der Waals surface area contributed by atoms with E-state index in [0.717, 1.165) is 17.7 Å². The maximum atomic E-state index is 13.0. The van der Waals surface area contributed by atoms with E-state index in [9.17, 15) is 41.0 Å². The lowest BCUT2D eigenvalue weighted by Crippen LogP contribution is -2.70. The van der Waals surface area contributed by atoms with Crippen molar-refractivity contribution in [1.82, 2.24) is 15.1 Å². The van der Waals surface area contributed by atoms with E-state index in [1.54, 1.807) is 0 Å². The molecule has 1 aromatic carbocycles. The zero-order valence-electron chi connectivity index (χ0n) is 16.8. The quantitative estimate of drug-likeness (QED) is 0.581. The second-order valence-corrected chi connectivity index (χ2v) is 7.80. The van der Waals surface area contributed by atoms with Gasteiger partial charge in [-0.3, -0.25) is 9.69 Å². The summed E-state index contributed by atoms with van der Waals surface area (Å²) in [6.45, 7) is -1.93. The molecule has 0 spiro atoms. The van der Waals surface area contributed by atoms with E-state index >= 15 is 0 Å². The summed E-state index contributed by atoms with van der Waals surface area (Å²) >= 11 is 0. The third-order valence-electron chi connectivity index (χ3n) is 5.45. The number of halogens is 6. The summed E-state index contributed by atoms with van der Waals surface area (Å²) in [6, 6.07) is 5.33. The highest BCUT2D eigenvalue weighted by Gasteiger charge is 2.73. The second-order valence-electron chi connectivity index (χ2n) is 7.80. The minimum Gasteiger partial charge on any atom is -0.361 e. The van der Waals surface area contributed by atoms with Gasteiger partial charge in [-0.05, 0) is 43.0 Å². The van der Waals surface area contributed by atoms with Crippen LogP contribution >= 0.6 is 0 Å². The summed E-state index contributed by atoms with van der Waals surface area (Å²) in [7, 11) is 0. The molecule has 1 aliphatic heterocycles. The molecule has 7 nitrogen and oxygen atoms in total. The first-order valence-electron chi connectivity index (χ1n) is 9.88. The Morgan fingerprint density at radius 2 is 1.47 bits per heavy atom. The smallest absolute Gasteiger partial charge is 0.361 e. The van der Waals surface area contributed by atoms with Crippen molar-refractivity contribution in [3.8, 4) is 0 Å². The van der Waals surface area contributed by atoms with Gasteiger partial charge in [0.1, 0.15) is 0 Å². The molecule has 178 valence electrons. The predicted octanol–water partition coefficient (Wildman–Crippen LogP) is 2.79. The van der Waals surface area contributed by atoms with E-state index in [-0.39, 0.29) is 10.5 Å². The van der Waals surface area contributed by atoms with Gasteiger partial charge in [-0.1, -0.05) is 0 Å². The summed E-state index contributed by atoms with van der Waals surface area (Å²) in [5, 5.41) is 14.8. The van der Waals surface area contributed by atoms with Crippen molar-refractivity contribution in [2.24, 2.45) is 5.92 Å². The van der Waals surface area contributed by atoms with Crippen LogP contribution in [-0.4, -0.2) is 77.6 Å². The van der Waals surface area contributed by atoms with Crippen LogP contribution in [0.4, 0.5) is 36.8 Å². The molecule has 13 heteroatoms. The Kier molecular flexibility index (Phi) is 6.61. The van der Waals surface area contributed by atoms with Crippen molar-refractivity contribution in [1.29, 1.82) is 0 Å². The molecule has 1 saturated carbocycles. The van der Waals surface area contributed by atoms with Crippen LogP contribution in [0, 0.1) is 5.92 Å². The van der Waals surface area contributed by atoms with Crippen molar-refractivity contribution in [3.63, 3.8) is 0 Å². The van der Waals surface area contributed by atoms with E-state index in [1.807, 2.05) is 0 Å². The van der Waals surface area contributed by atoms with E-state index in [2.05, 4.69) is 10.6 Å². The number of benzene rings is 1. The third kappa shape index (κ3) is 5.09. The Labute approximate surface area is 179 Å². The number of aliphatic hydroxyl groups is 1. The Bertz CT molecular complexity index is 817. The zero-order valence-corrected chi connectivity index (χ0v) is 16.8. The number of hydrogen-bond acceptors (Lipinski definition) is 4. The molecule has 3 rings (SSSR count). The average molecular weight is 468 g/mol. The average Bonchev–Trinajstić information content (AvgIpc) is 3.55. The molecular formula is C19H22F6N4O3. The molecule has 0 radical (unpaired) electrons. The fourth-order valence-corrected chi connectivity index (χ4v) is 3.37. The largest absolute Gasteiger partial charge is 0.440 e. The minimum atomic E-state index is -5.95. The van der Waals surface area contributed by atoms with Crippen LogP contribution in [0.15, 0.2) is 24.3 Å². The Balaban J connectivity index is 1.57. The van der Waals surface area contributed by atoms with Crippen LogP contribution in [0.3, 0.4) is 0 Å². The van der Waals surface area contributed by atoms with Gasteiger partial charge in [0, 0.05) is 44.0 Å². The van der Waals surface area contributed by atoms with Crippen molar-refractivity contribution in [3.05, 3.63) is 29.8 Å². The summed E-state index contributed by atoms with van der Waals surface area (Å²) < 4.78 is 78.0. The molecule has 2 aliphatic rings. The summed E-state index contributed by atoms with van der Waals surface area (Å²) in [5.41, 5.74) is -4.41. The van der Waals surface area contributed by atoms with Gasteiger partial charge in [0.05, 0.1) is 0 Å². The number of nitrogens with one attached hydrogen (secondary N) is 2. The van der Waals surface area contributed by atoms with Crippen molar-refractivity contribution in [2.45, 2.75) is 30.9 Å². The number of alkyl halides is 6. The van der Waals surface area contributed by atoms with Crippen molar-refractivity contribution >= 4 is 17.6 Å². The lowest BCUT2D eigenvalue weighted by atomic mass is 10.1. The first kappa shape index (κ1) is 24.1. The predicted molar refractivity (Wildman–Crippen MR) is 101 cm³/mol. The Morgan fingerprint density at radius 1 is 0.938 bits per heavy atom. The zero-order chi connectivity index (χ0) is 23.7. The molecular weight excluding hydrogens is 446 g/mol. The van der Waals surface area contributed by atoms with Gasteiger partial charge in [0.15, 0.2) is 0 Å². The van der Waals surface area contributed by atoms with Gasteiger partial charge in [0.25, 0.3) is 5.91 Å². The van der Waals surface area contributed by atoms with Gasteiger partial charge < -0.3 is 20.6 Å². The van der Waals surface area contributed by atoms with Crippen molar-refractivity contribution in [2.75, 3.05) is 38.0 Å². The number of amides is 3. The number of rotatable bonds is 5. The number of carbonyl (C=O) groups excluding carboxylic acids is 2. The number of piperazine rings is 1. The van der Waals surface area contributed by atoms with Crippen LogP contribution in [0.2, 0.25) is 0 Å². The highest BCUT2D eigenvalue weighted by Crippen LogP contribution is 2.45. The van der Waals surface area contributed by atoms with Gasteiger partial charge >= 0.3 is 24.1 Å². The number of urea groups is 1. The van der Waals surface area contributed by atoms with Crippen molar-refractivity contribution < 1.29 is 41.0 Å². The number of nitrogens with zero attached hydrogens (tertiary/aromatic N) is 2. The van der Waals surface area contributed by atoms with Crippen LogP contribution in [0.25, 0.3) is 0 Å². The number of hydrogen-bond donors (Lipinski definition) is 3. The normalized spacial score (nSPS) is 18.4. The first-order valence-corrected chi connectivity index (χ1v) is 9.88. The van der Waals surface area contributed by atoms with Crippen LogP contribution in [-0.2, 0) is 0 Å². The molecule has 0 bridgehead atoms. The topological polar surface area (TPSA) is 84.9 Å². The van der Waals surface area contributed by atoms with Gasteiger partial charge in [0.2, 0.25) is 0 Å². The third-order valence-corrected chi connectivity index (χ3v) is 5.45. The van der Waals surface area contributed by atoms with E-state index < -0.39 is 56.2 Å². The molecule has 3 N–H and O–H groups in total. The highest BCUT2D eigenvalue weighted by molar-refractivity contribution is 5.95. The molecule has 0 atom stereocenters. The fourth-order valence-electron chi connectivity index (χ4n) is 3.37. The summed E-state index contributed by atoms with van der Waals surface area (Å²) in [6.07, 6.45) is -9.75. The molecule has 0 unspecified atom stereocenters. The Morgan fingerprint density at radius 3 is 1.94 bits per heavy atom. The summed E-state index contributed by atoms with van der Waals surface area (Å²) in [5.74, 6) is -0.0820. The second kappa shape index (κ2) is 8.77. The fraction of sp³-hybridized carbons (Fsp3) is 0.579. The molecule has 1 aromatic rings. The maximum Gasteiger partial charge on any atom is 0.440 e. The highest BCUT2D eigenvalue weighted by atomic mass is 19.4. The van der Waals surface area contributed by atoms with Crippen LogP contribution in [0.1, 0.15) is 23.2 Å². The number of carbonyl (C=O) groups is 2. The lowest BCUT2D eigenvalue weighted by Gasteiger charge is -2.45. The molecule has 1 heterocycles. The first-order chi connectivity index (χ1) is 14.8. The molecule has 3 amide bonds. The standard InChI is InChI=1S/C19H22F6N4O3/c20-18(21,22)17(32,19(23,24)25)29-9-7-28(8-10-29)15(30)13-3-5-14(6-4-13)27-16(31)26-11-12-1-2-12/h3-6,12,32H,1-2,7-11H2,(H2,26,27,31). The SMILES string of the molecule is O=C(NCC1CC1)Nc1ccc(C(=O)N2CCN(C(O)(C(F)(F)F)C(F)(F)F)CC2)cc1. The monoisotopic (exact) mass is 468 g/mol. The summed E-state index contributed by atoms with van der Waals surface area (Å²) in [4.78, 5) is 25.3. The minimum absolute atomic E-state index is 0.121. The van der Waals surface area contributed by atoms with Gasteiger partial charge in [-0.2, -0.15) is 26.3 Å². The van der Waals surface area contributed by atoms with E-state index in [0.29, 0.717) is 18.2 Å². The van der Waals surface area contributed by atoms with Gasteiger partial charge in [-0.15, -0.1) is 0 Å². The van der Waals surface area contributed by atoms with E-state index in [1.165, 1.54) is 24.3 Å². The molecule has 1 saturated heterocycles. The van der Waals surface area contributed by atoms with Gasteiger partial charge in [-0.25, -0.2) is 4.79 Å². The Hall–Kier alpha value is -2.54. The molecule has 32 heavy (non-hydrogen) atoms. The molecule has 0 aromatic heterocycles. The lowest BCUT2D eigenvalue weighted by molar-refractivity contribution is -0.417.